The van der Waals surface area contributed by atoms with Gasteiger partial charge in [0.1, 0.15) is 0 Å². The third-order valence-corrected chi connectivity index (χ3v) is 2.84. The van der Waals surface area contributed by atoms with Crippen LogP contribution in [0.3, 0.4) is 0 Å². The van der Waals surface area contributed by atoms with Crippen LogP contribution in [-0.4, -0.2) is 0 Å². The molecule has 2 rings (SSSR count). The van der Waals surface area contributed by atoms with E-state index in [-0.39, 0.29) is 0 Å². The van der Waals surface area contributed by atoms with Crippen LogP contribution in [0.1, 0.15) is 50.3 Å². The van der Waals surface area contributed by atoms with Gasteiger partial charge in [0, 0.05) is 0 Å². The Morgan fingerprint density at radius 1 is 1.20 bits per heavy atom. The smallest absolute Gasteiger partial charge is 0.0250 e. The average molecular weight is 204 g/mol. The highest BCUT2D eigenvalue weighted by Gasteiger charge is 2.14. The largest absolute Gasteiger partial charge is 0.0656 e. The maximum atomic E-state index is 2.35. The molecule has 0 heteroatoms. The molecule has 0 heterocycles. The first-order valence-electron chi connectivity index (χ1n) is 6.25. The highest BCUT2D eigenvalue weighted by atomic mass is 14.2. The number of fused-ring (bicyclic) bond motifs is 1. The van der Waals surface area contributed by atoms with Crippen molar-refractivity contribution in [1.82, 2.24) is 0 Å². The van der Waals surface area contributed by atoms with Gasteiger partial charge in [-0.05, 0) is 43.2 Å². The standard InChI is InChI=1S/C12H16.C3H8/c1-9-3-5-12-8-10(2)4-6-11(12)7-9;1-3-2/h3,5,7,10H,4,6,8H2,1-2H3;3H2,1-2H3. The first-order chi connectivity index (χ1) is 7.17. The molecule has 1 aliphatic rings. The molecule has 0 nitrogen and oxygen atoms in total. The monoisotopic (exact) mass is 204 g/mol. The van der Waals surface area contributed by atoms with Crippen LogP contribution in [0.4, 0.5) is 0 Å². The first-order valence-corrected chi connectivity index (χ1v) is 6.25. The van der Waals surface area contributed by atoms with Gasteiger partial charge in [-0.25, -0.2) is 0 Å². The second kappa shape index (κ2) is 5.95. The Balaban J connectivity index is 0.000000337. The molecule has 1 aromatic carbocycles. The van der Waals surface area contributed by atoms with Crippen LogP contribution in [0.25, 0.3) is 0 Å². The van der Waals surface area contributed by atoms with E-state index in [9.17, 15) is 0 Å². The molecule has 0 aromatic heterocycles. The van der Waals surface area contributed by atoms with Gasteiger partial charge < -0.3 is 0 Å². The van der Waals surface area contributed by atoms with Crippen molar-refractivity contribution in [2.75, 3.05) is 0 Å². The van der Waals surface area contributed by atoms with Gasteiger partial charge >= 0.3 is 0 Å². The van der Waals surface area contributed by atoms with Crippen molar-refractivity contribution in [3.63, 3.8) is 0 Å². The Hall–Kier alpha value is -0.780. The van der Waals surface area contributed by atoms with Crippen molar-refractivity contribution in [3.05, 3.63) is 34.9 Å². The quantitative estimate of drug-likeness (QED) is 0.582. The Kier molecular flexibility index (Phi) is 4.87. The van der Waals surface area contributed by atoms with Crippen LogP contribution in [0.5, 0.6) is 0 Å². The lowest BCUT2D eigenvalue weighted by Crippen LogP contribution is -2.10. The molecular formula is C15H24. The zero-order valence-electron chi connectivity index (χ0n) is 10.6. The van der Waals surface area contributed by atoms with Crippen molar-refractivity contribution in [1.29, 1.82) is 0 Å². The van der Waals surface area contributed by atoms with Gasteiger partial charge in [0.25, 0.3) is 0 Å². The maximum absolute atomic E-state index is 2.35. The molecule has 0 saturated heterocycles. The maximum Gasteiger partial charge on any atom is -0.0250 e. The van der Waals surface area contributed by atoms with Gasteiger partial charge in [-0.1, -0.05) is 51.0 Å². The summed E-state index contributed by atoms with van der Waals surface area (Å²) in [6.07, 6.45) is 5.20. The Morgan fingerprint density at radius 2 is 1.87 bits per heavy atom. The first kappa shape index (κ1) is 12.3. The highest BCUT2D eigenvalue weighted by molar-refractivity contribution is 5.33. The van der Waals surface area contributed by atoms with Gasteiger partial charge in [-0.3, -0.25) is 0 Å². The molecule has 15 heavy (non-hydrogen) atoms. The van der Waals surface area contributed by atoms with E-state index in [1.807, 2.05) is 0 Å². The molecule has 84 valence electrons. The molecule has 0 amide bonds. The SMILES string of the molecule is CCC.Cc1ccc2c(c1)CCC(C)C2. The molecule has 0 aliphatic heterocycles. The van der Waals surface area contributed by atoms with Crippen LogP contribution < -0.4 is 0 Å². The number of aryl methyl sites for hydroxylation is 2. The fraction of sp³-hybridized carbons (Fsp3) is 0.600. The minimum absolute atomic E-state index is 0.889. The molecule has 1 unspecified atom stereocenters. The summed E-state index contributed by atoms with van der Waals surface area (Å²) in [5.41, 5.74) is 4.58. The topological polar surface area (TPSA) is 0 Å². The van der Waals surface area contributed by atoms with E-state index in [0.717, 1.165) is 5.92 Å². The lowest BCUT2D eigenvalue weighted by molar-refractivity contribution is 0.501. The fourth-order valence-corrected chi connectivity index (χ4v) is 2.07. The third kappa shape index (κ3) is 3.70. The van der Waals surface area contributed by atoms with E-state index < -0.39 is 0 Å². The van der Waals surface area contributed by atoms with Crippen molar-refractivity contribution in [2.45, 2.75) is 53.4 Å². The highest BCUT2D eigenvalue weighted by Crippen LogP contribution is 2.25. The normalized spacial score (nSPS) is 18.8. The molecular weight excluding hydrogens is 180 g/mol. The molecule has 0 fully saturated rings. The molecule has 1 aromatic rings. The van der Waals surface area contributed by atoms with Crippen molar-refractivity contribution < 1.29 is 0 Å². The van der Waals surface area contributed by atoms with E-state index in [1.165, 1.54) is 31.2 Å². The Morgan fingerprint density at radius 3 is 2.53 bits per heavy atom. The summed E-state index contributed by atoms with van der Waals surface area (Å²) < 4.78 is 0. The van der Waals surface area contributed by atoms with E-state index >= 15 is 0 Å². The van der Waals surface area contributed by atoms with Crippen LogP contribution in [0.2, 0.25) is 0 Å². The fourth-order valence-electron chi connectivity index (χ4n) is 2.07. The summed E-state index contributed by atoms with van der Waals surface area (Å²) >= 11 is 0. The van der Waals surface area contributed by atoms with Crippen LogP contribution in [0.15, 0.2) is 18.2 Å². The van der Waals surface area contributed by atoms with E-state index in [4.69, 9.17) is 0 Å². The molecule has 0 spiro atoms. The summed E-state index contributed by atoms with van der Waals surface area (Å²) in [5.74, 6) is 0.889. The number of hydrogen-bond donors (Lipinski definition) is 0. The van der Waals surface area contributed by atoms with E-state index in [1.54, 1.807) is 11.1 Å². The Bertz CT molecular complexity index is 299. The van der Waals surface area contributed by atoms with Crippen molar-refractivity contribution >= 4 is 0 Å². The molecule has 0 saturated carbocycles. The summed E-state index contributed by atoms with van der Waals surface area (Å²) in [7, 11) is 0. The number of benzene rings is 1. The summed E-state index contributed by atoms with van der Waals surface area (Å²) in [6.45, 7) is 8.78. The van der Waals surface area contributed by atoms with Crippen LogP contribution in [-0.2, 0) is 12.8 Å². The van der Waals surface area contributed by atoms with Crippen LogP contribution in [0, 0.1) is 12.8 Å². The molecule has 0 N–H and O–H groups in total. The van der Waals surface area contributed by atoms with Crippen molar-refractivity contribution in [2.24, 2.45) is 5.92 Å². The predicted molar refractivity (Wildman–Crippen MR) is 68.3 cm³/mol. The number of hydrogen-bond acceptors (Lipinski definition) is 0. The van der Waals surface area contributed by atoms with Crippen LogP contribution >= 0.6 is 0 Å². The second-order valence-corrected chi connectivity index (χ2v) is 4.83. The third-order valence-electron chi connectivity index (χ3n) is 2.84. The summed E-state index contributed by atoms with van der Waals surface area (Å²) in [4.78, 5) is 0. The second-order valence-electron chi connectivity index (χ2n) is 4.83. The summed E-state index contributed by atoms with van der Waals surface area (Å²) in [6, 6.07) is 6.89. The lowest BCUT2D eigenvalue weighted by Gasteiger charge is -2.21. The van der Waals surface area contributed by atoms with E-state index in [0.29, 0.717) is 0 Å². The minimum atomic E-state index is 0.889. The van der Waals surface area contributed by atoms with Gasteiger partial charge in [0.2, 0.25) is 0 Å². The molecule has 0 radical (unpaired) electrons. The summed E-state index contributed by atoms with van der Waals surface area (Å²) in [5, 5.41) is 0. The van der Waals surface area contributed by atoms with Gasteiger partial charge in [-0.2, -0.15) is 0 Å². The van der Waals surface area contributed by atoms with Gasteiger partial charge in [-0.15, -0.1) is 0 Å². The average Bonchev–Trinajstić information content (AvgIpc) is 2.20. The Labute approximate surface area is 94.7 Å². The predicted octanol–water partition coefficient (Wildman–Crippen LogP) is 4.54. The molecule has 1 atom stereocenters. The lowest BCUT2D eigenvalue weighted by atomic mass is 9.84. The molecule has 0 bridgehead atoms. The minimum Gasteiger partial charge on any atom is -0.0656 e. The number of rotatable bonds is 0. The zero-order valence-corrected chi connectivity index (χ0v) is 10.6. The van der Waals surface area contributed by atoms with Gasteiger partial charge in [0.15, 0.2) is 0 Å². The zero-order chi connectivity index (χ0) is 11.3. The van der Waals surface area contributed by atoms with E-state index in [2.05, 4.69) is 45.9 Å². The molecule has 1 aliphatic carbocycles. The van der Waals surface area contributed by atoms with Gasteiger partial charge in [0.05, 0.1) is 0 Å². The van der Waals surface area contributed by atoms with Crippen molar-refractivity contribution in [3.8, 4) is 0 Å².